The minimum absolute atomic E-state index is 0.114. The molecule has 0 saturated carbocycles. The Morgan fingerprint density at radius 2 is 2.04 bits per heavy atom. The third-order valence-electron chi connectivity index (χ3n) is 5.70. The van der Waals surface area contributed by atoms with E-state index >= 15 is 0 Å². The Kier molecular flexibility index (Phi) is 6.67. The minimum atomic E-state index is 0.114. The predicted octanol–water partition coefficient (Wildman–Crippen LogP) is 3.25. The van der Waals surface area contributed by atoms with Gasteiger partial charge in [0.1, 0.15) is 0 Å². The maximum absolute atomic E-state index is 12.4. The number of benzene rings is 1. The number of likely N-dealkylation sites (tertiary alicyclic amines) is 1. The van der Waals surface area contributed by atoms with Crippen LogP contribution >= 0.6 is 0 Å². The van der Waals surface area contributed by atoms with Crippen molar-refractivity contribution in [3.05, 3.63) is 53.3 Å². The van der Waals surface area contributed by atoms with E-state index in [9.17, 15) is 4.79 Å². The molecule has 0 spiro atoms. The van der Waals surface area contributed by atoms with Crippen molar-refractivity contribution in [1.29, 1.82) is 0 Å². The van der Waals surface area contributed by atoms with Crippen molar-refractivity contribution in [2.24, 2.45) is 13.0 Å². The molecule has 2 heterocycles. The average Bonchev–Trinajstić information content (AvgIpc) is 3.08. The van der Waals surface area contributed by atoms with Gasteiger partial charge in [-0.25, -0.2) is 0 Å². The lowest BCUT2D eigenvalue weighted by Gasteiger charge is -2.37. The van der Waals surface area contributed by atoms with E-state index in [1.807, 2.05) is 19.4 Å². The molecule has 5 nitrogen and oxygen atoms in total. The van der Waals surface area contributed by atoms with Crippen molar-refractivity contribution in [1.82, 2.24) is 20.0 Å². The van der Waals surface area contributed by atoms with E-state index in [4.69, 9.17) is 0 Å². The van der Waals surface area contributed by atoms with Gasteiger partial charge in [0.25, 0.3) is 0 Å². The molecule has 0 radical (unpaired) electrons. The van der Waals surface area contributed by atoms with Crippen LogP contribution < -0.4 is 5.32 Å². The Labute approximate surface area is 162 Å². The molecule has 27 heavy (non-hydrogen) atoms. The van der Waals surface area contributed by atoms with Gasteiger partial charge in [0.15, 0.2) is 0 Å². The van der Waals surface area contributed by atoms with Crippen molar-refractivity contribution in [3.63, 3.8) is 0 Å². The lowest BCUT2D eigenvalue weighted by atomic mass is 9.94. The number of amides is 1. The summed E-state index contributed by atoms with van der Waals surface area (Å²) in [7, 11) is 1.90. The molecule has 146 valence electrons. The molecular weight excluding hydrogens is 336 g/mol. The van der Waals surface area contributed by atoms with E-state index in [2.05, 4.69) is 53.4 Å². The van der Waals surface area contributed by atoms with Crippen LogP contribution in [0.5, 0.6) is 0 Å². The fourth-order valence-corrected chi connectivity index (χ4v) is 3.89. The molecule has 5 heteroatoms. The molecule has 1 unspecified atom stereocenters. The number of hydrogen-bond acceptors (Lipinski definition) is 3. The minimum Gasteiger partial charge on any atom is -0.354 e. The largest absolute Gasteiger partial charge is 0.354 e. The molecule has 1 saturated heterocycles. The molecule has 1 amide bonds. The first-order valence-corrected chi connectivity index (χ1v) is 10.1. The average molecular weight is 369 g/mol. The Bertz CT molecular complexity index is 746. The molecule has 0 aliphatic carbocycles. The zero-order valence-electron chi connectivity index (χ0n) is 16.8. The predicted molar refractivity (Wildman–Crippen MR) is 108 cm³/mol. The van der Waals surface area contributed by atoms with E-state index in [1.54, 1.807) is 4.68 Å². The number of aryl methyl sites for hydroxylation is 3. The lowest BCUT2D eigenvalue weighted by molar-refractivity contribution is -0.121. The Morgan fingerprint density at radius 3 is 2.70 bits per heavy atom. The van der Waals surface area contributed by atoms with Crippen LogP contribution in [0.4, 0.5) is 0 Å². The lowest BCUT2D eigenvalue weighted by Crippen LogP contribution is -2.42. The second-order valence-electron chi connectivity index (χ2n) is 7.92. The fraction of sp³-hybridized carbons (Fsp3) is 0.545. The fourth-order valence-electron chi connectivity index (χ4n) is 3.89. The number of carbonyl (C=O) groups excluding carboxylic acids is 1. The van der Waals surface area contributed by atoms with Gasteiger partial charge in [0.2, 0.25) is 5.91 Å². The van der Waals surface area contributed by atoms with Crippen LogP contribution in [0.3, 0.4) is 0 Å². The van der Waals surface area contributed by atoms with Gasteiger partial charge in [-0.15, -0.1) is 0 Å². The van der Waals surface area contributed by atoms with Crippen LogP contribution in [-0.4, -0.2) is 40.2 Å². The molecule has 3 rings (SSSR count). The Hall–Kier alpha value is -2.14. The smallest absolute Gasteiger partial charge is 0.220 e. The number of carbonyl (C=O) groups is 1. The zero-order chi connectivity index (χ0) is 19.2. The highest BCUT2D eigenvalue weighted by Crippen LogP contribution is 2.28. The number of nitrogens with zero attached hydrogens (tertiary/aromatic N) is 3. The molecule has 1 aliphatic rings. The second-order valence-corrected chi connectivity index (χ2v) is 7.92. The summed E-state index contributed by atoms with van der Waals surface area (Å²) in [5.41, 5.74) is 3.73. The summed E-state index contributed by atoms with van der Waals surface area (Å²) in [6, 6.07) is 8.81. The van der Waals surface area contributed by atoms with Gasteiger partial charge in [-0.2, -0.15) is 5.10 Å². The standard InChI is InChI=1S/C22H32N4O/c1-17-10-12-26(13-11-17)21(20-7-5-4-6-18(20)2)15-23-22(27)9-8-19-14-24-25(3)16-19/h4-7,14,16-17,21H,8-13,15H2,1-3H3,(H,23,27). The van der Waals surface area contributed by atoms with Gasteiger partial charge in [0, 0.05) is 26.2 Å². The van der Waals surface area contributed by atoms with E-state index < -0.39 is 0 Å². The van der Waals surface area contributed by atoms with Gasteiger partial charge >= 0.3 is 0 Å². The SMILES string of the molecule is Cc1ccccc1C(CNC(=O)CCc1cnn(C)c1)N1CCC(C)CC1. The third kappa shape index (κ3) is 5.42. The molecule has 1 N–H and O–H groups in total. The van der Waals surface area contributed by atoms with E-state index in [0.717, 1.165) is 31.0 Å². The van der Waals surface area contributed by atoms with Crippen LogP contribution in [0.2, 0.25) is 0 Å². The second kappa shape index (κ2) is 9.18. The molecule has 1 fully saturated rings. The maximum atomic E-state index is 12.4. The highest BCUT2D eigenvalue weighted by molar-refractivity contribution is 5.76. The van der Waals surface area contributed by atoms with E-state index in [0.29, 0.717) is 13.0 Å². The van der Waals surface area contributed by atoms with Crippen LogP contribution in [0.1, 0.15) is 48.9 Å². The Balaban J connectivity index is 1.61. The van der Waals surface area contributed by atoms with Gasteiger partial charge < -0.3 is 5.32 Å². The summed E-state index contributed by atoms with van der Waals surface area (Å²) < 4.78 is 1.78. The van der Waals surface area contributed by atoms with E-state index in [-0.39, 0.29) is 11.9 Å². The third-order valence-corrected chi connectivity index (χ3v) is 5.70. The number of aromatic nitrogens is 2. The number of piperidine rings is 1. The van der Waals surface area contributed by atoms with Gasteiger partial charge in [-0.05, 0) is 61.9 Å². The number of hydrogen-bond donors (Lipinski definition) is 1. The van der Waals surface area contributed by atoms with Gasteiger partial charge in [-0.1, -0.05) is 31.2 Å². The molecule has 2 aromatic rings. The van der Waals surface area contributed by atoms with Crippen molar-refractivity contribution in [2.75, 3.05) is 19.6 Å². The normalized spacial score (nSPS) is 17.0. The number of nitrogens with one attached hydrogen (secondary N) is 1. The topological polar surface area (TPSA) is 50.2 Å². The summed E-state index contributed by atoms with van der Waals surface area (Å²) in [5.74, 6) is 0.913. The molecule has 1 aromatic heterocycles. The van der Waals surface area contributed by atoms with Crippen molar-refractivity contribution < 1.29 is 4.79 Å². The molecular formula is C22H32N4O. The van der Waals surface area contributed by atoms with Gasteiger partial charge in [-0.3, -0.25) is 14.4 Å². The monoisotopic (exact) mass is 368 g/mol. The maximum Gasteiger partial charge on any atom is 0.220 e. The molecule has 1 aliphatic heterocycles. The highest BCUT2D eigenvalue weighted by Gasteiger charge is 2.25. The van der Waals surface area contributed by atoms with Gasteiger partial charge in [0.05, 0.1) is 12.2 Å². The summed E-state index contributed by atoms with van der Waals surface area (Å²) in [6.07, 6.45) is 7.50. The quantitative estimate of drug-likeness (QED) is 0.816. The van der Waals surface area contributed by atoms with Crippen LogP contribution in [0, 0.1) is 12.8 Å². The van der Waals surface area contributed by atoms with Crippen LogP contribution in [-0.2, 0) is 18.3 Å². The summed E-state index contributed by atoms with van der Waals surface area (Å²) >= 11 is 0. The van der Waals surface area contributed by atoms with Crippen molar-refractivity contribution >= 4 is 5.91 Å². The zero-order valence-corrected chi connectivity index (χ0v) is 16.8. The number of rotatable bonds is 7. The molecule has 1 aromatic carbocycles. The first-order chi connectivity index (χ1) is 13.0. The molecule has 0 bridgehead atoms. The first kappa shape index (κ1) is 19.6. The first-order valence-electron chi connectivity index (χ1n) is 10.1. The van der Waals surface area contributed by atoms with E-state index in [1.165, 1.54) is 24.0 Å². The van der Waals surface area contributed by atoms with Crippen molar-refractivity contribution in [2.45, 2.75) is 45.6 Å². The molecule has 1 atom stereocenters. The van der Waals surface area contributed by atoms with Crippen molar-refractivity contribution in [3.8, 4) is 0 Å². The summed E-state index contributed by atoms with van der Waals surface area (Å²) in [4.78, 5) is 15.0. The summed E-state index contributed by atoms with van der Waals surface area (Å²) in [6.45, 7) is 7.38. The summed E-state index contributed by atoms with van der Waals surface area (Å²) in [5, 5.41) is 7.35. The van der Waals surface area contributed by atoms with Crippen LogP contribution in [0.15, 0.2) is 36.7 Å². The van der Waals surface area contributed by atoms with Crippen LogP contribution in [0.25, 0.3) is 0 Å². The Morgan fingerprint density at radius 1 is 1.30 bits per heavy atom. The highest BCUT2D eigenvalue weighted by atomic mass is 16.1.